The molecule has 0 radical (unpaired) electrons. The van der Waals surface area contributed by atoms with Gasteiger partial charge in [0.1, 0.15) is 22.8 Å². The van der Waals surface area contributed by atoms with Crippen molar-refractivity contribution in [1.82, 2.24) is 0 Å². The van der Waals surface area contributed by atoms with Gasteiger partial charge in [-0.15, -0.1) is 0 Å². The molecule has 160 valence electrons. The van der Waals surface area contributed by atoms with Crippen LogP contribution >= 0.6 is 0 Å². The number of phenolic OH excluding ortho intramolecular Hbond substituents is 3. The molecule has 0 fully saturated rings. The predicted molar refractivity (Wildman–Crippen MR) is 112 cm³/mol. The lowest BCUT2D eigenvalue weighted by molar-refractivity contribution is 0.0491. The molecule has 0 aliphatic carbocycles. The van der Waals surface area contributed by atoms with Crippen LogP contribution in [-0.2, 0) is 4.74 Å². The maximum Gasteiger partial charge on any atom is 0.345 e. The quantitative estimate of drug-likeness (QED) is 0.222. The highest BCUT2D eigenvalue weighted by Gasteiger charge is 2.19. The van der Waals surface area contributed by atoms with Crippen molar-refractivity contribution in [3.63, 3.8) is 0 Å². The summed E-state index contributed by atoms with van der Waals surface area (Å²) in [5.41, 5.74) is -0.303. The van der Waals surface area contributed by atoms with Crippen LogP contribution in [0.25, 0.3) is 0 Å². The number of ether oxygens (including phenoxy) is 1. The Kier molecular flexibility index (Phi) is 13.0. The van der Waals surface area contributed by atoms with Crippen molar-refractivity contribution in [3.8, 4) is 17.2 Å². The van der Waals surface area contributed by atoms with Gasteiger partial charge in [-0.2, -0.15) is 0 Å². The SMILES string of the molecule is CCCCCCCCCCCCCCCCOC(=O)c1c(O)cc(O)cc1O. The van der Waals surface area contributed by atoms with Crippen molar-refractivity contribution in [2.75, 3.05) is 6.61 Å². The van der Waals surface area contributed by atoms with Crippen LogP contribution in [0.1, 0.15) is 107 Å². The van der Waals surface area contributed by atoms with E-state index in [9.17, 15) is 20.1 Å². The van der Waals surface area contributed by atoms with Crippen molar-refractivity contribution in [2.24, 2.45) is 0 Å². The molecule has 0 amide bonds. The predicted octanol–water partition coefficient (Wildman–Crippen LogP) is 6.44. The van der Waals surface area contributed by atoms with E-state index >= 15 is 0 Å². The Bertz CT molecular complexity index is 533. The molecule has 0 spiro atoms. The average Bonchev–Trinajstić information content (AvgIpc) is 2.64. The Balaban J connectivity index is 1.95. The van der Waals surface area contributed by atoms with E-state index in [4.69, 9.17) is 4.74 Å². The highest BCUT2D eigenvalue weighted by molar-refractivity contribution is 5.95. The summed E-state index contributed by atoms with van der Waals surface area (Å²) in [6.45, 7) is 2.51. The Labute approximate surface area is 169 Å². The molecule has 0 aliphatic rings. The van der Waals surface area contributed by atoms with Crippen LogP contribution in [0.5, 0.6) is 17.2 Å². The average molecular weight is 395 g/mol. The van der Waals surface area contributed by atoms with Gasteiger partial charge in [-0.3, -0.25) is 0 Å². The Morgan fingerprint density at radius 2 is 1.11 bits per heavy atom. The number of benzene rings is 1. The maximum atomic E-state index is 11.9. The molecule has 0 aliphatic heterocycles. The Morgan fingerprint density at radius 3 is 1.54 bits per heavy atom. The molecule has 1 aromatic rings. The van der Waals surface area contributed by atoms with Crippen LogP contribution < -0.4 is 0 Å². The standard InChI is InChI=1S/C23H38O5/c1-2-3-4-5-6-7-8-9-10-11-12-13-14-15-16-28-23(27)22-20(25)17-19(24)18-21(22)26/h17-18,24-26H,2-16H2,1H3. The monoisotopic (exact) mass is 394 g/mol. The molecule has 1 rings (SSSR count). The smallest absolute Gasteiger partial charge is 0.345 e. The van der Waals surface area contributed by atoms with Crippen LogP contribution in [0.2, 0.25) is 0 Å². The van der Waals surface area contributed by atoms with Gasteiger partial charge in [0.15, 0.2) is 0 Å². The van der Waals surface area contributed by atoms with E-state index in [-0.39, 0.29) is 17.9 Å². The molecule has 0 unspecified atom stereocenters. The molecule has 0 atom stereocenters. The molecule has 28 heavy (non-hydrogen) atoms. The molecule has 0 aromatic heterocycles. The molecule has 0 bridgehead atoms. The zero-order valence-electron chi connectivity index (χ0n) is 17.4. The van der Waals surface area contributed by atoms with Crippen molar-refractivity contribution < 1.29 is 24.9 Å². The number of hydrogen-bond acceptors (Lipinski definition) is 5. The third-order valence-electron chi connectivity index (χ3n) is 5.02. The lowest BCUT2D eigenvalue weighted by atomic mass is 10.0. The van der Waals surface area contributed by atoms with Gasteiger partial charge >= 0.3 is 5.97 Å². The second-order valence-electron chi connectivity index (χ2n) is 7.59. The van der Waals surface area contributed by atoms with E-state index in [0.29, 0.717) is 0 Å². The minimum Gasteiger partial charge on any atom is -0.508 e. The number of rotatable bonds is 16. The number of unbranched alkanes of at least 4 members (excludes halogenated alkanes) is 13. The summed E-state index contributed by atoms with van der Waals surface area (Å²) in [5.74, 6) is -2.05. The van der Waals surface area contributed by atoms with Gasteiger partial charge in [-0.1, -0.05) is 90.4 Å². The van der Waals surface area contributed by atoms with Gasteiger partial charge in [0, 0.05) is 12.1 Å². The van der Waals surface area contributed by atoms with Crippen molar-refractivity contribution in [3.05, 3.63) is 17.7 Å². The molecule has 0 saturated carbocycles. The van der Waals surface area contributed by atoms with Crippen molar-refractivity contribution in [1.29, 1.82) is 0 Å². The summed E-state index contributed by atoms with van der Waals surface area (Å²) in [7, 11) is 0. The summed E-state index contributed by atoms with van der Waals surface area (Å²) in [6.07, 6.45) is 17.6. The lowest BCUT2D eigenvalue weighted by Crippen LogP contribution is -2.07. The summed E-state index contributed by atoms with van der Waals surface area (Å²) in [5, 5.41) is 28.5. The van der Waals surface area contributed by atoms with Crippen LogP contribution in [0.15, 0.2) is 12.1 Å². The van der Waals surface area contributed by atoms with Gasteiger partial charge in [-0.05, 0) is 6.42 Å². The van der Waals surface area contributed by atoms with Crippen LogP contribution in [0, 0.1) is 0 Å². The van der Waals surface area contributed by atoms with Gasteiger partial charge in [0.2, 0.25) is 0 Å². The third kappa shape index (κ3) is 10.4. The number of phenols is 3. The highest BCUT2D eigenvalue weighted by Crippen LogP contribution is 2.32. The lowest BCUT2D eigenvalue weighted by Gasteiger charge is -2.08. The van der Waals surface area contributed by atoms with Crippen molar-refractivity contribution >= 4 is 5.97 Å². The summed E-state index contributed by atoms with van der Waals surface area (Å²) in [6, 6.07) is 2.01. The second-order valence-corrected chi connectivity index (χ2v) is 7.59. The first-order valence-corrected chi connectivity index (χ1v) is 11.0. The number of carbonyl (C=O) groups is 1. The first kappa shape index (κ1) is 24.1. The molecular weight excluding hydrogens is 356 g/mol. The second kappa shape index (κ2) is 15.1. The number of aromatic hydroxyl groups is 3. The highest BCUT2D eigenvalue weighted by atomic mass is 16.5. The first-order chi connectivity index (χ1) is 13.6. The Morgan fingerprint density at radius 1 is 0.714 bits per heavy atom. The Hall–Kier alpha value is -1.91. The zero-order valence-corrected chi connectivity index (χ0v) is 17.4. The van der Waals surface area contributed by atoms with Gasteiger partial charge in [0.05, 0.1) is 6.61 Å². The van der Waals surface area contributed by atoms with Gasteiger partial charge in [0.25, 0.3) is 0 Å². The fourth-order valence-corrected chi connectivity index (χ4v) is 3.34. The van der Waals surface area contributed by atoms with Crippen molar-refractivity contribution in [2.45, 2.75) is 96.8 Å². The van der Waals surface area contributed by atoms with Gasteiger partial charge in [-0.25, -0.2) is 4.79 Å². The van der Waals surface area contributed by atoms with E-state index < -0.39 is 17.5 Å². The fraction of sp³-hybridized carbons (Fsp3) is 0.696. The fourth-order valence-electron chi connectivity index (χ4n) is 3.34. The van der Waals surface area contributed by atoms with E-state index in [0.717, 1.165) is 31.4 Å². The molecular formula is C23H38O5. The minimum absolute atomic E-state index is 0.261. The number of hydrogen-bond donors (Lipinski definition) is 3. The molecule has 5 nitrogen and oxygen atoms in total. The normalized spacial score (nSPS) is 10.9. The summed E-state index contributed by atoms with van der Waals surface area (Å²) < 4.78 is 5.10. The summed E-state index contributed by atoms with van der Waals surface area (Å²) in [4.78, 5) is 11.9. The third-order valence-corrected chi connectivity index (χ3v) is 5.02. The molecule has 0 heterocycles. The molecule has 1 aromatic carbocycles. The van der Waals surface area contributed by atoms with E-state index in [1.54, 1.807) is 0 Å². The largest absolute Gasteiger partial charge is 0.508 e. The van der Waals surface area contributed by atoms with E-state index in [1.165, 1.54) is 70.6 Å². The number of carbonyl (C=O) groups excluding carboxylic acids is 1. The van der Waals surface area contributed by atoms with E-state index in [1.807, 2.05) is 0 Å². The van der Waals surface area contributed by atoms with Crippen LogP contribution in [0.3, 0.4) is 0 Å². The summed E-state index contributed by atoms with van der Waals surface area (Å²) >= 11 is 0. The van der Waals surface area contributed by atoms with Crippen LogP contribution in [-0.4, -0.2) is 27.9 Å². The van der Waals surface area contributed by atoms with Gasteiger partial charge < -0.3 is 20.1 Å². The van der Waals surface area contributed by atoms with Crippen LogP contribution in [0.4, 0.5) is 0 Å². The topological polar surface area (TPSA) is 87.0 Å². The number of esters is 1. The molecule has 3 N–H and O–H groups in total. The molecule has 5 heteroatoms. The minimum atomic E-state index is -0.773. The first-order valence-electron chi connectivity index (χ1n) is 11.0. The maximum absolute atomic E-state index is 11.9. The zero-order chi connectivity index (χ0) is 20.6. The van der Waals surface area contributed by atoms with E-state index in [2.05, 4.69) is 6.92 Å². The molecule has 0 saturated heterocycles.